The molecule has 1 amide bonds. The van der Waals surface area contributed by atoms with Crippen LogP contribution in [0.4, 0.5) is 0 Å². The van der Waals surface area contributed by atoms with Gasteiger partial charge >= 0.3 is 0 Å². The fourth-order valence-electron chi connectivity index (χ4n) is 1.68. The van der Waals surface area contributed by atoms with E-state index >= 15 is 0 Å². The minimum atomic E-state index is -0.326. The van der Waals surface area contributed by atoms with Crippen molar-refractivity contribution in [1.82, 2.24) is 5.43 Å². The van der Waals surface area contributed by atoms with Crippen molar-refractivity contribution in [2.24, 2.45) is 5.10 Å². The molecule has 0 unspecified atom stereocenters. The van der Waals surface area contributed by atoms with Gasteiger partial charge in [0.25, 0.3) is 5.91 Å². The number of halogens is 1. The molecule has 2 rings (SSSR count). The van der Waals surface area contributed by atoms with Crippen molar-refractivity contribution in [3.8, 4) is 5.75 Å². The van der Waals surface area contributed by atoms with Crippen LogP contribution in [-0.4, -0.2) is 18.2 Å². The summed E-state index contributed by atoms with van der Waals surface area (Å²) in [6, 6.07) is 16.7. The average molecular weight is 329 g/mol. The van der Waals surface area contributed by atoms with Gasteiger partial charge < -0.3 is 4.74 Å². The molecule has 2 aromatic carbocycles. The van der Waals surface area contributed by atoms with Gasteiger partial charge in [0.15, 0.2) is 6.61 Å². The number of nitrogens with one attached hydrogen (secondary N) is 1. The third-order valence-electron chi connectivity index (χ3n) is 2.86. The lowest BCUT2D eigenvalue weighted by Crippen LogP contribution is -2.25. The summed E-state index contributed by atoms with van der Waals surface area (Å²) in [6.45, 7) is 1.70. The van der Waals surface area contributed by atoms with E-state index in [0.717, 1.165) is 5.56 Å². The molecule has 0 atom stereocenters. The lowest BCUT2D eigenvalue weighted by molar-refractivity contribution is -0.123. The minimum Gasteiger partial charge on any atom is -0.484 e. The molecule has 5 heteroatoms. The second kappa shape index (κ2) is 8.76. The summed E-state index contributed by atoms with van der Waals surface area (Å²) in [6.07, 6.45) is 3.75. The number of hydrogen-bond donors (Lipinski definition) is 1. The molecule has 23 heavy (non-hydrogen) atoms. The number of nitrogens with zero attached hydrogens (tertiary/aromatic N) is 1. The van der Waals surface area contributed by atoms with Crippen molar-refractivity contribution < 1.29 is 9.53 Å². The maximum absolute atomic E-state index is 11.7. The molecule has 2 aromatic rings. The Hall–Kier alpha value is -2.59. The molecule has 4 nitrogen and oxygen atoms in total. The number of rotatable bonds is 6. The molecule has 1 N–H and O–H groups in total. The third-order valence-corrected chi connectivity index (χ3v) is 3.11. The first-order chi connectivity index (χ1) is 11.1. The van der Waals surface area contributed by atoms with Crippen molar-refractivity contribution >= 4 is 29.3 Å². The molecule has 0 saturated heterocycles. The standard InChI is InChI=1S/C18H17ClN2O2/c1-14(7-8-15-5-3-2-4-6-15)20-21-18(22)13-23-17-11-9-16(19)10-12-17/h2-12H,13H2,1H3,(H,21,22)/b8-7-,20-14?. The molecule has 0 bridgehead atoms. The highest BCUT2D eigenvalue weighted by molar-refractivity contribution is 6.30. The monoisotopic (exact) mass is 328 g/mol. The Morgan fingerprint density at radius 3 is 2.57 bits per heavy atom. The van der Waals surface area contributed by atoms with Gasteiger partial charge in [-0.05, 0) is 42.8 Å². The van der Waals surface area contributed by atoms with E-state index in [1.807, 2.05) is 42.5 Å². The smallest absolute Gasteiger partial charge is 0.277 e. The zero-order chi connectivity index (χ0) is 16.5. The predicted molar refractivity (Wildman–Crippen MR) is 93.7 cm³/mol. The van der Waals surface area contributed by atoms with E-state index in [9.17, 15) is 4.79 Å². The summed E-state index contributed by atoms with van der Waals surface area (Å²) in [5, 5.41) is 4.61. The number of allylic oxidation sites excluding steroid dienone is 1. The number of hydrazone groups is 1. The van der Waals surface area contributed by atoms with Crippen molar-refractivity contribution in [3.63, 3.8) is 0 Å². The molecule has 118 valence electrons. The Balaban J connectivity index is 1.78. The summed E-state index contributed by atoms with van der Waals surface area (Å²) in [5.41, 5.74) is 4.20. The molecule has 0 saturated carbocycles. The quantitative estimate of drug-likeness (QED) is 0.645. The average Bonchev–Trinajstić information content (AvgIpc) is 2.58. The van der Waals surface area contributed by atoms with Crippen molar-refractivity contribution in [3.05, 3.63) is 71.3 Å². The summed E-state index contributed by atoms with van der Waals surface area (Å²) in [7, 11) is 0. The topological polar surface area (TPSA) is 50.7 Å². The molecule has 0 aliphatic carbocycles. The first kappa shape index (κ1) is 16.8. The molecule has 0 aliphatic rings. The Labute approximate surface area is 140 Å². The predicted octanol–water partition coefficient (Wildman–Crippen LogP) is 3.92. The van der Waals surface area contributed by atoms with E-state index in [4.69, 9.17) is 16.3 Å². The SMILES string of the molecule is CC(/C=C\c1ccccc1)=NNC(=O)COc1ccc(Cl)cc1. The van der Waals surface area contributed by atoms with Crippen LogP contribution in [0.5, 0.6) is 5.75 Å². The summed E-state index contributed by atoms with van der Waals surface area (Å²) < 4.78 is 5.33. The lowest BCUT2D eigenvalue weighted by Gasteiger charge is -2.05. The molecule has 0 heterocycles. The van der Waals surface area contributed by atoms with Gasteiger partial charge in [-0.1, -0.05) is 48.0 Å². The maximum atomic E-state index is 11.7. The summed E-state index contributed by atoms with van der Waals surface area (Å²) >= 11 is 5.77. The van der Waals surface area contributed by atoms with Crippen LogP contribution < -0.4 is 10.2 Å². The molecular formula is C18H17ClN2O2. The zero-order valence-electron chi connectivity index (χ0n) is 12.7. The normalized spacial score (nSPS) is 11.5. The molecular weight excluding hydrogens is 312 g/mol. The van der Waals surface area contributed by atoms with Gasteiger partial charge in [0.05, 0.1) is 5.71 Å². The van der Waals surface area contributed by atoms with Gasteiger partial charge in [-0.25, -0.2) is 5.43 Å². The molecule has 0 aromatic heterocycles. The van der Waals surface area contributed by atoms with Crippen molar-refractivity contribution in [2.45, 2.75) is 6.92 Å². The largest absolute Gasteiger partial charge is 0.484 e. The first-order valence-corrected chi connectivity index (χ1v) is 7.46. The second-order valence-electron chi connectivity index (χ2n) is 4.77. The van der Waals surface area contributed by atoms with Crippen LogP contribution in [0.25, 0.3) is 6.08 Å². The fourth-order valence-corrected chi connectivity index (χ4v) is 1.81. The highest BCUT2D eigenvalue weighted by Crippen LogP contribution is 2.15. The summed E-state index contributed by atoms with van der Waals surface area (Å²) in [5.74, 6) is 0.252. The molecule has 0 fully saturated rings. The van der Waals surface area contributed by atoms with Crippen molar-refractivity contribution in [2.75, 3.05) is 6.61 Å². The van der Waals surface area contributed by atoms with Crippen LogP contribution in [0.2, 0.25) is 5.02 Å². The lowest BCUT2D eigenvalue weighted by atomic mass is 10.2. The van der Waals surface area contributed by atoms with Gasteiger partial charge in [0.1, 0.15) is 5.75 Å². The summed E-state index contributed by atoms with van der Waals surface area (Å²) in [4.78, 5) is 11.7. The van der Waals surface area contributed by atoms with E-state index in [1.165, 1.54) is 0 Å². The van der Waals surface area contributed by atoms with Gasteiger partial charge in [0, 0.05) is 5.02 Å². The van der Waals surface area contributed by atoms with Crippen LogP contribution in [0.3, 0.4) is 0 Å². The van der Waals surface area contributed by atoms with Gasteiger partial charge in [0.2, 0.25) is 0 Å². The Morgan fingerprint density at radius 1 is 1.17 bits per heavy atom. The van der Waals surface area contributed by atoms with Crippen LogP contribution in [0.1, 0.15) is 12.5 Å². The highest BCUT2D eigenvalue weighted by Gasteiger charge is 2.01. The van der Waals surface area contributed by atoms with Crippen LogP contribution in [-0.2, 0) is 4.79 Å². The molecule has 0 radical (unpaired) electrons. The number of carbonyl (C=O) groups is 1. The van der Waals surface area contributed by atoms with E-state index in [1.54, 1.807) is 31.2 Å². The fraction of sp³-hybridized carbons (Fsp3) is 0.111. The van der Waals surface area contributed by atoms with E-state index in [2.05, 4.69) is 10.5 Å². The number of amides is 1. The van der Waals surface area contributed by atoms with Crippen LogP contribution in [0, 0.1) is 0 Å². The van der Waals surface area contributed by atoms with Crippen LogP contribution in [0.15, 0.2) is 65.8 Å². The second-order valence-corrected chi connectivity index (χ2v) is 5.21. The van der Waals surface area contributed by atoms with Gasteiger partial charge in [-0.3, -0.25) is 4.79 Å². The van der Waals surface area contributed by atoms with Crippen LogP contribution >= 0.6 is 11.6 Å². The Morgan fingerprint density at radius 2 is 1.87 bits per heavy atom. The van der Waals surface area contributed by atoms with E-state index in [-0.39, 0.29) is 12.5 Å². The van der Waals surface area contributed by atoms with Gasteiger partial charge in [-0.15, -0.1) is 0 Å². The number of ether oxygens (including phenoxy) is 1. The maximum Gasteiger partial charge on any atom is 0.277 e. The third kappa shape index (κ3) is 6.36. The Kier molecular flexibility index (Phi) is 6.39. The highest BCUT2D eigenvalue weighted by atomic mass is 35.5. The first-order valence-electron chi connectivity index (χ1n) is 7.08. The molecule has 0 spiro atoms. The number of hydrogen-bond acceptors (Lipinski definition) is 3. The van der Waals surface area contributed by atoms with Gasteiger partial charge in [-0.2, -0.15) is 5.10 Å². The number of benzene rings is 2. The minimum absolute atomic E-state index is 0.110. The number of carbonyl (C=O) groups excluding carboxylic acids is 1. The van der Waals surface area contributed by atoms with E-state index < -0.39 is 0 Å². The zero-order valence-corrected chi connectivity index (χ0v) is 13.5. The van der Waals surface area contributed by atoms with E-state index in [0.29, 0.717) is 16.5 Å². The van der Waals surface area contributed by atoms with Crippen molar-refractivity contribution in [1.29, 1.82) is 0 Å². The Bertz CT molecular complexity index is 695. The molecule has 0 aliphatic heterocycles.